The molecule has 0 radical (unpaired) electrons. The van der Waals surface area contributed by atoms with E-state index in [1.54, 1.807) is 6.92 Å². The van der Waals surface area contributed by atoms with Crippen LogP contribution < -0.4 is 0 Å². The number of pyridine rings is 1. The summed E-state index contributed by atoms with van der Waals surface area (Å²) in [7, 11) is 0. The van der Waals surface area contributed by atoms with Crippen LogP contribution in [0.3, 0.4) is 0 Å². The largest absolute Gasteiger partial charge is 0.247 e. The zero-order valence-corrected chi connectivity index (χ0v) is 7.89. The molecule has 64 valence electrons. The zero-order chi connectivity index (χ0) is 9.52. The monoisotopic (exact) mass is 169 g/mol. The molecule has 0 aromatic carbocycles. The molecule has 0 aliphatic carbocycles. The smallest absolute Gasteiger partial charge is 0.113 e. The van der Waals surface area contributed by atoms with Crippen molar-refractivity contribution in [1.29, 1.82) is 0 Å². The highest BCUT2D eigenvalue weighted by Gasteiger charge is 1.90. The van der Waals surface area contributed by atoms with Gasteiger partial charge in [0.05, 0.1) is 0 Å². The fraction of sp³-hybridized carbons (Fsp3) is 0.250. The van der Waals surface area contributed by atoms with Crippen LogP contribution >= 0.6 is 0 Å². The average molecular weight is 169 g/mol. The minimum Gasteiger partial charge on any atom is -0.247 e. The first kappa shape index (κ1) is 9.36. The fourth-order valence-corrected chi connectivity index (χ4v) is 0.922. The predicted octanol–water partition coefficient (Wildman–Crippen LogP) is 2.02. The third-order valence-electron chi connectivity index (χ3n) is 1.55. The summed E-state index contributed by atoms with van der Waals surface area (Å²) < 4.78 is 0. The van der Waals surface area contributed by atoms with Crippen LogP contribution in [0.15, 0.2) is 18.3 Å². The van der Waals surface area contributed by atoms with Crippen molar-refractivity contribution in [2.75, 3.05) is 0 Å². The Hall–Kier alpha value is -1.73. The van der Waals surface area contributed by atoms with Gasteiger partial charge in [-0.25, -0.2) is 4.98 Å². The van der Waals surface area contributed by atoms with Gasteiger partial charge in [-0.2, -0.15) is 0 Å². The minimum atomic E-state index is 0.767. The first-order valence-electron chi connectivity index (χ1n) is 4.14. The van der Waals surface area contributed by atoms with Gasteiger partial charge in [-0.05, 0) is 31.4 Å². The molecule has 1 aromatic rings. The highest BCUT2D eigenvalue weighted by molar-refractivity contribution is 5.29. The van der Waals surface area contributed by atoms with Crippen molar-refractivity contribution in [2.24, 2.45) is 0 Å². The van der Waals surface area contributed by atoms with E-state index >= 15 is 0 Å². The third kappa shape index (κ3) is 3.01. The Morgan fingerprint density at radius 2 is 2.08 bits per heavy atom. The molecule has 1 heterocycles. The molecule has 1 nitrogen and oxygen atoms in total. The van der Waals surface area contributed by atoms with Gasteiger partial charge >= 0.3 is 0 Å². The van der Waals surface area contributed by atoms with Crippen LogP contribution in [0, 0.1) is 23.7 Å². The number of hydrogen-bond donors (Lipinski definition) is 0. The van der Waals surface area contributed by atoms with Crippen molar-refractivity contribution >= 4 is 0 Å². The molecule has 0 aliphatic heterocycles. The molecule has 0 fully saturated rings. The Morgan fingerprint density at radius 3 is 2.62 bits per heavy atom. The van der Waals surface area contributed by atoms with Crippen molar-refractivity contribution in [2.45, 2.75) is 20.3 Å². The Labute approximate surface area is 79.2 Å². The van der Waals surface area contributed by atoms with E-state index in [2.05, 4.69) is 28.7 Å². The molecular formula is C12H11N. The quantitative estimate of drug-likeness (QED) is 0.586. The van der Waals surface area contributed by atoms with Gasteiger partial charge in [0.15, 0.2) is 0 Å². The zero-order valence-electron chi connectivity index (χ0n) is 7.89. The van der Waals surface area contributed by atoms with Crippen molar-refractivity contribution in [3.8, 4) is 23.7 Å². The topological polar surface area (TPSA) is 12.9 Å². The van der Waals surface area contributed by atoms with E-state index in [1.807, 2.05) is 25.3 Å². The molecule has 13 heavy (non-hydrogen) atoms. The first-order chi connectivity index (χ1) is 6.36. The standard InChI is InChI=1S/C12H11N/c1-3-5-7-11-8-9-12(6-4-2)13-10-11/h8-10H,7H2,1-2H3. The van der Waals surface area contributed by atoms with Crippen LogP contribution in [0.25, 0.3) is 0 Å². The van der Waals surface area contributed by atoms with Crippen molar-refractivity contribution in [3.05, 3.63) is 29.6 Å². The number of rotatable bonds is 1. The minimum absolute atomic E-state index is 0.767. The molecule has 0 bridgehead atoms. The lowest BCUT2D eigenvalue weighted by Gasteiger charge is -1.93. The maximum absolute atomic E-state index is 4.18. The molecule has 0 spiro atoms. The summed E-state index contributed by atoms with van der Waals surface area (Å²) in [5.41, 5.74) is 1.95. The fourth-order valence-electron chi connectivity index (χ4n) is 0.922. The average Bonchev–Trinajstić information content (AvgIpc) is 2.17. The van der Waals surface area contributed by atoms with Gasteiger partial charge in [-0.1, -0.05) is 17.9 Å². The predicted molar refractivity (Wildman–Crippen MR) is 53.9 cm³/mol. The molecule has 1 aromatic heterocycles. The van der Waals surface area contributed by atoms with E-state index in [0.717, 1.165) is 17.7 Å². The summed E-state index contributed by atoms with van der Waals surface area (Å²) in [5.74, 6) is 11.5. The summed E-state index contributed by atoms with van der Waals surface area (Å²) >= 11 is 0. The number of nitrogens with zero attached hydrogens (tertiary/aromatic N) is 1. The highest BCUT2D eigenvalue weighted by atomic mass is 14.7. The van der Waals surface area contributed by atoms with Crippen molar-refractivity contribution in [1.82, 2.24) is 4.98 Å². The molecule has 1 rings (SSSR count). The maximum atomic E-state index is 4.18. The molecule has 0 saturated carbocycles. The summed E-state index contributed by atoms with van der Waals surface area (Å²) in [5, 5.41) is 0. The van der Waals surface area contributed by atoms with Gasteiger partial charge in [0.1, 0.15) is 5.69 Å². The van der Waals surface area contributed by atoms with Crippen LogP contribution in [0.5, 0.6) is 0 Å². The molecular weight excluding hydrogens is 158 g/mol. The lowest BCUT2D eigenvalue weighted by Crippen LogP contribution is -1.86. The molecule has 0 saturated heterocycles. The summed E-state index contributed by atoms with van der Waals surface area (Å²) in [6.07, 6.45) is 2.59. The van der Waals surface area contributed by atoms with E-state index in [9.17, 15) is 0 Å². The maximum Gasteiger partial charge on any atom is 0.113 e. The SMILES string of the molecule is CC#CCc1ccc(C#CC)nc1. The van der Waals surface area contributed by atoms with Crippen molar-refractivity contribution < 1.29 is 0 Å². The van der Waals surface area contributed by atoms with Gasteiger partial charge < -0.3 is 0 Å². The Kier molecular flexibility index (Phi) is 3.61. The van der Waals surface area contributed by atoms with Crippen molar-refractivity contribution in [3.63, 3.8) is 0 Å². The summed E-state index contributed by atoms with van der Waals surface area (Å²) in [6, 6.07) is 3.93. The summed E-state index contributed by atoms with van der Waals surface area (Å²) in [4.78, 5) is 4.18. The molecule has 0 unspecified atom stereocenters. The summed E-state index contributed by atoms with van der Waals surface area (Å²) in [6.45, 7) is 3.64. The van der Waals surface area contributed by atoms with E-state index in [0.29, 0.717) is 0 Å². The van der Waals surface area contributed by atoms with Crippen LogP contribution in [-0.2, 0) is 6.42 Å². The molecule has 0 aliphatic rings. The second-order valence-corrected chi connectivity index (χ2v) is 2.53. The number of hydrogen-bond acceptors (Lipinski definition) is 1. The van der Waals surface area contributed by atoms with Gasteiger partial charge in [0, 0.05) is 12.6 Å². The lowest BCUT2D eigenvalue weighted by atomic mass is 10.2. The normalized spacial score (nSPS) is 7.85. The molecule has 0 N–H and O–H groups in total. The lowest BCUT2D eigenvalue weighted by molar-refractivity contribution is 1.19. The Balaban J connectivity index is 2.77. The third-order valence-corrected chi connectivity index (χ3v) is 1.55. The van der Waals surface area contributed by atoms with E-state index in [4.69, 9.17) is 0 Å². The second-order valence-electron chi connectivity index (χ2n) is 2.53. The second kappa shape index (κ2) is 5.01. The Bertz CT molecular complexity index is 379. The Morgan fingerprint density at radius 1 is 1.23 bits per heavy atom. The van der Waals surface area contributed by atoms with Gasteiger partial charge in [-0.3, -0.25) is 0 Å². The van der Waals surface area contributed by atoms with E-state index in [1.165, 1.54) is 0 Å². The van der Waals surface area contributed by atoms with Crippen LogP contribution in [0.4, 0.5) is 0 Å². The van der Waals surface area contributed by atoms with Gasteiger partial charge in [0.2, 0.25) is 0 Å². The molecule has 0 atom stereocenters. The van der Waals surface area contributed by atoms with Crippen LogP contribution in [0.2, 0.25) is 0 Å². The highest BCUT2D eigenvalue weighted by Crippen LogP contribution is 1.99. The molecule has 0 amide bonds. The molecule has 1 heteroatoms. The van der Waals surface area contributed by atoms with E-state index in [-0.39, 0.29) is 0 Å². The van der Waals surface area contributed by atoms with Gasteiger partial charge in [0.25, 0.3) is 0 Å². The van der Waals surface area contributed by atoms with Crippen LogP contribution in [-0.4, -0.2) is 4.98 Å². The van der Waals surface area contributed by atoms with E-state index < -0.39 is 0 Å². The first-order valence-corrected chi connectivity index (χ1v) is 4.14. The number of aromatic nitrogens is 1. The van der Waals surface area contributed by atoms with Gasteiger partial charge in [-0.15, -0.1) is 5.92 Å². The van der Waals surface area contributed by atoms with Crippen LogP contribution in [0.1, 0.15) is 25.1 Å².